The molecular weight excluding hydrogens is 689 g/mol. The van der Waals surface area contributed by atoms with Crippen LogP contribution in [0.3, 0.4) is 0 Å². The van der Waals surface area contributed by atoms with Crippen molar-refractivity contribution >= 4 is 79.7 Å². The monoisotopic (exact) mass is 692 g/mol. The van der Waals surface area contributed by atoms with E-state index in [-0.39, 0.29) is 5.56 Å². The van der Waals surface area contributed by atoms with Gasteiger partial charge < -0.3 is 9.84 Å². The second-order valence-electron chi connectivity index (χ2n) is 4.40. The van der Waals surface area contributed by atoms with Crippen LogP contribution in [-0.4, -0.2) is 17.0 Å². The summed E-state index contributed by atoms with van der Waals surface area (Å²) in [5.74, 6) is -13.6. The Kier molecular flexibility index (Phi) is 6.50. The number of aromatic carboxylic acids is 1. The fraction of sp³-hybridized carbons (Fsp3) is 0. The predicted molar refractivity (Wildman–Crippen MR) is 103 cm³/mol. The number of carboxylic acids is 1. The lowest BCUT2D eigenvalue weighted by Gasteiger charge is -2.12. The largest absolute Gasteiger partial charge is 0.477 e. The molecule has 0 aliphatic carbocycles. The van der Waals surface area contributed by atoms with E-state index in [1.807, 2.05) is 22.6 Å². The lowest BCUT2D eigenvalue weighted by molar-refractivity contribution is 0.0682. The Bertz CT molecular complexity index is 865. The molecule has 0 radical (unpaired) electrons. The van der Waals surface area contributed by atoms with Crippen LogP contribution in [0, 0.1) is 34.0 Å². The summed E-state index contributed by atoms with van der Waals surface area (Å²) in [7, 11) is 0. The second-order valence-corrected chi connectivity index (χ2v) is 7.97. The first-order chi connectivity index (χ1) is 11.6. The molecule has 2 aromatic rings. The molecule has 0 saturated carbocycles. The molecule has 4 nitrogen and oxygen atoms in total. The highest BCUT2D eigenvalue weighted by molar-refractivity contribution is 14.1. The van der Waals surface area contributed by atoms with Gasteiger partial charge in [0.1, 0.15) is 5.56 Å². The minimum Gasteiger partial charge on any atom is -0.477 e. The van der Waals surface area contributed by atoms with Crippen molar-refractivity contribution in [1.82, 2.24) is 0 Å². The minimum atomic E-state index is -2.20. The van der Waals surface area contributed by atoms with Gasteiger partial charge in [0.2, 0.25) is 17.4 Å². The molecule has 0 bridgehead atoms. The van der Waals surface area contributed by atoms with Gasteiger partial charge in [-0.25, -0.2) is 18.4 Å². The average molecular weight is 692 g/mol. The summed E-state index contributed by atoms with van der Waals surface area (Å²) < 4.78 is 61.1. The van der Waals surface area contributed by atoms with Crippen LogP contribution in [-0.2, 0) is 0 Å². The van der Waals surface area contributed by atoms with Crippen LogP contribution < -0.4 is 4.74 Å². The zero-order valence-electron chi connectivity index (χ0n) is 11.5. The van der Waals surface area contributed by atoms with Gasteiger partial charge >= 0.3 is 11.9 Å². The summed E-state index contributed by atoms with van der Waals surface area (Å²) in [5, 5.41) is 8.62. The van der Waals surface area contributed by atoms with E-state index in [0.29, 0.717) is 7.14 Å². The first-order valence-electron chi connectivity index (χ1n) is 6.02. The number of carbonyl (C=O) groups excluding carboxylic acids is 1. The molecule has 0 saturated heterocycles. The number of hydrogen-bond acceptors (Lipinski definition) is 3. The smallest absolute Gasteiger partial charge is 0.345 e. The Balaban J connectivity index is 2.55. The number of esters is 1. The van der Waals surface area contributed by atoms with Crippen molar-refractivity contribution in [2.45, 2.75) is 0 Å². The zero-order valence-corrected chi connectivity index (χ0v) is 17.9. The molecule has 0 fully saturated rings. The normalized spacial score (nSPS) is 10.7. The van der Waals surface area contributed by atoms with Gasteiger partial charge in [0.15, 0.2) is 11.6 Å². The molecule has 2 aromatic carbocycles. The topological polar surface area (TPSA) is 63.6 Å². The lowest BCUT2D eigenvalue weighted by Crippen LogP contribution is -2.17. The third-order valence-corrected chi connectivity index (χ3v) is 5.17. The summed E-state index contributed by atoms with van der Waals surface area (Å²) >= 11 is 5.57. The molecule has 11 heteroatoms. The fourth-order valence-electron chi connectivity index (χ4n) is 1.77. The molecule has 2 rings (SSSR count). The Morgan fingerprint density at radius 3 is 1.68 bits per heavy atom. The van der Waals surface area contributed by atoms with Crippen molar-refractivity contribution in [3.63, 3.8) is 0 Å². The van der Waals surface area contributed by atoms with Crippen LogP contribution in [0.25, 0.3) is 0 Å². The maximum absolute atomic E-state index is 13.9. The number of carbonyl (C=O) groups is 2. The van der Waals surface area contributed by atoms with Crippen molar-refractivity contribution < 1.29 is 37.0 Å². The molecule has 0 spiro atoms. The average Bonchev–Trinajstić information content (AvgIpc) is 2.48. The number of hydrogen-bond donors (Lipinski definition) is 1. The van der Waals surface area contributed by atoms with E-state index in [9.17, 15) is 27.2 Å². The van der Waals surface area contributed by atoms with Gasteiger partial charge in [-0.3, -0.25) is 0 Å². The maximum Gasteiger partial charge on any atom is 0.345 e. The van der Waals surface area contributed by atoms with Crippen molar-refractivity contribution in [2.75, 3.05) is 0 Å². The van der Waals surface area contributed by atoms with E-state index in [2.05, 4.69) is 4.74 Å². The number of rotatable bonds is 3. The van der Waals surface area contributed by atoms with Gasteiger partial charge in [-0.1, -0.05) is 0 Å². The second kappa shape index (κ2) is 7.89. The quantitative estimate of drug-likeness (QED) is 0.162. The maximum atomic E-state index is 13.9. The Morgan fingerprint density at radius 2 is 1.28 bits per heavy atom. The number of halogens is 7. The van der Waals surface area contributed by atoms with Crippen LogP contribution in [0.1, 0.15) is 20.7 Å². The highest BCUT2D eigenvalue weighted by Gasteiger charge is 2.32. The Hall–Kier alpha value is -0.710. The first kappa shape index (κ1) is 20.6. The molecule has 0 aromatic heterocycles. The van der Waals surface area contributed by atoms with E-state index in [1.165, 1.54) is 0 Å². The molecule has 0 unspecified atom stereocenters. The molecular formula is C14H3F4I3O4. The molecule has 0 atom stereocenters. The van der Waals surface area contributed by atoms with E-state index < -0.39 is 46.5 Å². The Morgan fingerprint density at radius 1 is 0.840 bits per heavy atom. The van der Waals surface area contributed by atoms with Gasteiger partial charge in [0, 0.05) is 10.7 Å². The standard InChI is InChI=1S/C14H3F4I3O4/c15-8-7(13(22)23)9(16)11(18)12(10(8)17)25-14(24)6-4(20)1-3(19)2-5(6)21/h1-2H,(H,22,23). The highest BCUT2D eigenvalue weighted by Crippen LogP contribution is 2.32. The highest BCUT2D eigenvalue weighted by atomic mass is 127. The van der Waals surface area contributed by atoms with Crippen molar-refractivity contribution in [3.8, 4) is 5.75 Å². The zero-order chi connectivity index (χ0) is 19.0. The SMILES string of the molecule is O=C(Oc1c(F)c(F)c(C(=O)O)c(F)c1F)c1c(I)cc(I)cc1I. The van der Waals surface area contributed by atoms with E-state index in [4.69, 9.17) is 5.11 Å². The first-order valence-corrected chi connectivity index (χ1v) is 9.25. The van der Waals surface area contributed by atoms with Crippen LogP contribution in [0.15, 0.2) is 12.1 Å². The van der Waals surface area contributed by atoms with Crippen LogP contribution in [0.4, 0.5) is 17.6 Å². The number of carboxylic acid groups (broad SMARTS) is 1. The third kappa shape index (κ3) is 4.01. The molecule has 0 heterocycles. The minimum absolute atomic E-state index is 0.0523. The van der Waals surface area contributed by atoms with Crippen molar-refractivity contribution in [1.29, 1.82) is 0 Å². The molecule has 1 N–H and O–H groups in total. The van der Waals surface area contributed by atoms with Gasteiger partial charge in [0.25, 0.3) is 0 Å². The van der Waals surface area contributed by atoms with E-state index in [1.54, 1.807) is 57.3 Å². The molecule has 0 aliphatic heterocycles. The summed E-state index contributed by atoms with van der Waals surface area (Å²) in [4.78, 5) is 22.9. The summed E-state index contributed by atoms with van der Waals surface area (Å²) in [6, 6.07) is 3.17. The van der Waals surface area contributed by atoms with Crippen LogP contribution in [0.2, 0.25) is 0 Å². The van der Waals surface area contributed by atoms with Gasteiger partial charge in [-0.05, 0) is 79.9 Å². The molecule has 132 valence electrons. The van der Waals surface area contributed by atoms with Crippen LogP contribution >= 0.6 is 67.8 Å². The lowest BCUT2D eigenvalue weighted by atomic mass is 10.1. The summed E-state index contributed by atoms with van der Waals surface area (Å²) in [5.41, 5.74) is -1.86. The van der Waals surface area contributed by atoms with E-state index in [0.717, 1.165) is 3.57 Å². The fourth-order valence-corrected chi connectivity index (χ4v) is 5.79. The molecule has 0 aliphatic rings. The van der Waals surface area contributed by atoms with Gasteiger partial charge in [-0.2, -0.15) is 8.78 Å². The third-order valence-electron chi connectivity index (χ3n) is 2.84. The van der Waals surface area contributed by atoms with E-state index >= 15 is 0 Å². The summed E-state index contributed by atoms with van der Waals surface area (Å²) in [6.45, 7) is 0. The Labute approximate surface area is 178 Å². The van der Waals surface area contributed by atoms with Crippen LogP contribution in [0.5, 0.6) is 5.75 Å². The summed E-state index contributed by atoms with van der Waals surface area (Å²) in [6.07, 6.45) is 0. The predicted octanol–water partition coefficient (Wildman–Crippen LogP) is 4.97. The van der Waals surface area contributed by atoms with Crippen molar-refractivity contribution in [3.05, 3.63) is 57.2 Å². The van der Waals surface area contributed by atoms with Gasteiger partial charge in [0.05, 0.1) is 5.56 Å². The number of ether oxygens (including phenoxy) is 1. The molecule has 0 amide bonds. The van der Waals surface area contributed by atoms with Crippen molar-refractivity contribution in [2.24, 2.45) is 0 Å². The molecule has 25 heavy (non-hydrogen) atoms. The van der Waals surface area contributed by atoms with Gasteiger partial charge in [-0.15, -0.1) is 0 Å². The number of benzene rings is 2.